The summed E-state index contributed by atoms with van der Waals surface area (Å²) in [6, 6.07) is 0. The Morgan fingerprint density at radius 1 is 0.556 bits per heavy atom. The number of ether oxygens (including phenoxy) is 6. The molecule has 160 valence electrons. The first-order valence-electron chi connectivity index (χ1n) is 9.37. The lowest BCUT2D eigenvalue weighted by molar-refractivity contribution is -0.151. The monoisotopic (exact) mass is 392 g/mol. The molecule has 0 aliphatic carbocycles. The summed E-state index contributed by atoms with van der Waals surface area (Å²) >= 11 is 0. The maximum atomic E-state index is 10.8. The Balaban J connectivity index is 3.78. The van der Waals surface area contributed by atoms with E-state index in [0.717, 1.165) is 0 Å². The topological polar surface area (TPSA) is 89.5 Å². The van der Waals surface area contributed by atoms with Crippen LogP contribution in [0.15, 0.2) is 0 Å². The fraction of sp³-hybridized carbons (Fsp3) is 0.895. The molecule has 27 heavy (non-hydrogen) atoms. The highest BCUT2D eigenvalue weighted by Gasteiger charge is 2.13. The van der Waals surface area contributed by atoms with Gasteiger partial charge in [0, 0.05) is 13.8 Å². The van der Waals surface area contributed by atoms with Crippen LogP contribution in [0.25, 0.3) is 0 Å². The molecule has 0 aliphatic rings. The van der Waals surface area contributed by atoms with E-state index >= 15 is 0 Å². The Hall–Kier alpha value is -1.22. The van der Waals surface area contributed by atoms with Gasteiger partial charge < -0.3 is 28.4 Å². The molecule has 5 atom stereocenters. The normalized spacial score (nSPS) is 16.9. The molecular weight excluding hydrogens is 356 g/mol. The zero-order chi connectivity index (χ0) is 20.8. The standard InChI is InChI=1S/C19H36O8/c1-13(23-10-15(3)25-12-17(5)27-19(7)21)8-22-14(2)9-24-16(4)11-26-18(6)20/h13-17H,8-12H2,1-7H3. The molecule has 0 aliphatic heterocycles. The Kier molecular flexibility index (Phi) is 14.1. The first kappa shape index (κ1) is 25.8. The average Bonchev–Trinajstić information content (AvgIpc) is 2.58. The summed E-state index contributed by atoms with van der Waals surface area (Å²) in [5, 5.41) is 0. The van der Waals surface area contributed by atoms with Gasteiger partial charge in [-0.1, -0.05) is 0 Å². The van der Waals surface area contributed by atoms with Crippen LogP contribution in [0.3, 0.4) is 0 Å². The van der Waals surface area contributed by atoms with Crippen LogP contribution in [0.1, 0.15) is 48.5 Å². The van der Waals surface area contributed by atoms with Gasteiger partial charge in [0.2, 0.25) is 0 Å². The van der Waals surface area contributed by atoms with Crippen molar-refractivity contribution in [2.45, 2.75) is 79.0 Å². The quantitative estimate of drug-likeness (QED) is 0.392. The van der Waals surface area contributed by atoms with Gasteiger partial charge >= 0.3 is 11.9 Å². The van der Waals surface area contributed by atoms with Crippen molar-refractivity contribution in [3.63, 3.8) is 0 Å². The first-order chi connectivity index (χ1) is 12.6. The van der Waals surface area contributed by atoms with Crippen molar-refractivity contribution in [1.82, 2.24) is 0 Å². The van der Waals surface area contributed by atoms with Crippen LogP contribution in [0.4, 0.5) is 0 Å². The summed E-state index contributed by atoms with van der Waals surface area (Å²) in [5.41, 5.74) is 0. The molecule has 0 fully saturated rings. The fourth-order valence-corrected chi connectivity index (χ4v) is 1.94. The number of esters is 2. The van der Waals surface area contributed by atoms with E-state index in [1.807, 2.05) is 27.7 Å². The van der Waals surface area contributed by atoms with Crippen molar-refractivity contribution in [1.29, 1.82) is 0 Å². The smallest absolute Gasteiger partial charge is 0.302 e. The van der Waals surface area contributed by atoms with E-state index in [-0.39, 0.29) is 49.1 Å². The van der Waals surface area contributed by atoms with Crippen LogP contribution in [0.2, 0.25) is 0 Å². The minimum Gasteiger partial charge on any atom is -0.463 e. The molecule has 0 aromatic rings. The molecule has 0 saturated heterocycles. The maximum Gasteiger partial charge on any atom is 0.302 e. The van der Waals surface area contributed by atoms with Gasteiger partial charge in [0.15, 0.2) is 0 Å². The summed E-state index contributed by atoms with van der Waals surface area (Å²) in [6.07, 6.45) is -0.777. The van der Waals surface area contributed by atoms with Crippen molar-refractivity contribution in [2.75, 3.05) is 33.0 Å². The molecule has 0 saturated carbocycles. The Morgan fingerprint density at radius 2 is 0.889 bits per heavy atom. The minimum atomic E-state index is -0.320. The Morgan fingerprint density at radius 3 is 1.22 bits per heavy atom. The number of rotatable bonds is 15. The molecule has 0 heterocycles. The molecule has 0 radical (unpaired) electrons. The van der Waals surface area contributed by atoms with Gasteiger partial charge in [-0.2, -0.15) is 0 Å². The number of hydrogen-bond donors (Lipinski definition) is 0. The molecule has 0 bridgehead atoms. The van der Waals surface area contributed by atoms with Crippen LogP contribution in [0.5, 0.6) is 0 Å². The molecular formula is C19H36O8. The molecule has 0 spiro atoms. The van der Waals surface area contributed by atoms with Crippen LogP contribution < -0.4 is 0 Å². The maximum absolute atomic E-state index is 10.8. The second-order valence-corrected chi connectivity index (χ2v) is 6.80. The van der Waals surface area contributed by atoms with Crippen LogP contribution in [-0.2, 0) is 38.0 Å². The van der Waals surface area contributed by atoms with E-state index in [2.05, 4.69) is 0 Å². The van der Waals surface area contributed by atoms with Gasteiger partial charge in [-0.25, -0.2) is 0 Å². The zero-order valence-corrected chi connectivity index (χ0v) is 17.7. The lowest BCUT2D eigenvalue weighted by Crippen LogP contribution is -2.29. The first-order valence-corrected chi connectivity index (χ1v) is 9.37. The minimum absolute atomic E-state index is 0.0946. The number of hydrogen-bond acceptors (Lipinski definition) is 8. The molecule has 0 amide bonds. The van der Waals surface area contributed by atoms with Crippen LogP contribution in [0, 0.1) is 0 Å². The van der Waals surface area contributed by atoms with E-state index in [4.69, 9.17) is 28.4 Å². The Bertz CT molecular complexity index is 415. The third-order valence-corrected chi connectivity index (χ3v) is 3.35. The predicted molar refractivity (Wildman–Crippen MR) is 99.5 cm³/mol. The molecule has 0 aromatic heterocycles. The summed E-state index contributed by atoms with van der Waals surface area (Å²) in [5.74, 6) is -0.639. The third kappa shape index (κ3) is 16.7. The highest BCUT2D eigenvalue weighted by atomic mass is 16.6. The van der Waals surface area contributed by atoms with Crippen molar-refractivity contribution < 1.29 is 38.0 Å². The Labute approximate surface area is 162 Å². The zero-order valence-electron chi connectivity index (χ0n) is 17.7. The largest absolute Gasteiger partial charge is 0.463 e. The van der Waals surface area contributed by atoms with Crippen molar-refractivity contribution in [2.24, 2.45) is 0 Å². The number of carbonyl (C=O) groups excluding carboxylic acids is 2. The van der Waals surface area contributed by atoms with Crippen LogP contribution >= 0.6 is 0 Å². The average molecular weight is 392 g/mol. The molecule has 8 heteroatoms. The highest BCUT2D eigenvalue weighted by molar-refractivity contribution is 5.66. The van der Waals surface area contributed by atoms with E-state index in [1.54, 1.807) is 6.92 Å². The highest BCUT2D eigenvalue weighted by Crippen LogP contribution is 2.03. The van der Waals surface area contributed by atoms with Crippen molar-refractivity contribution in [3.8, 4) is 0 Å². The molecule has 0 aromatic carbocycles. The molecule has 5 unspecified atom stereocenters. The van der Waals surface area contributed by atoms with Gasteiger partial charge in [0.25, 0.3) is 0 Å². The van der Waals surface area contributed by atoms with E-state index < -0.39 is 0 Å². The number of carbonyl (C=O) groups is 2. The lowest BCUT2D eigenvalue weighted by atomic mass is 10.3. The second kappa shape index (κ2) is 14.8. The SMILES string of the molecule is CC(=O)OCC(C)OCC(C)OCC(C)OCC(C)OCC(C)OC(C)=O. The van der Waals surface area contributed by atoms with Gasteiger partial charge in [-0.15, -0.1) is 0 Å². The van der Waals surface area contributed by atoms with Crippen molar-refractivity contribution >= 4 is 11.9 Å². The van der Waals surface area contributed by atoms with Crippen molar-refractivity contribution in [3.05, 3.63) is 0 Å². The summed E-state index contributed by atoms with van der Waals surface area (Å²) < 4.78 is 32.4. The third-order valence-electron chi connectivity index (χ3n) is 3.35. The van der Waals surface area contributed by atoms with E-state index in [1.165, 1.54) is 13.8 Å². The molecule has 8 nitrogen and oxygen atoms in total. The summed E-state index contributed by atoms with van der Waals surface area (Å²) in [7, 11) is 0. The molecule has 0 N–H and O–H groups in total. The van der Waals surface area contributed by atoms with Gasteiger partial charge in [-0.05, 0) is 34.6 Å². The molecule has 0 rings (SSSR count). The predicted octanol–water partition coefficient (Wildman–Crippen LogP) is 2.12. The fourth-order valence-electron chi connectivity index (χ4n) is 1.94. The van der Waals surface area contributed by atoms with E-state index in [0.29, 0.717) is 26.4 Å². The van der Waals surface area contributed by atoms with E-state index in [9.17, 15) is 9.59 Å². The summed E-state index contributed by atoms with van der Waals surface area (Å²) in [4.78, 5) is 21.6. The van der Waals surface area contributed by atoms with Crippen LogP contribution in [-0.4, -0.2) is 75.5 Å². The van der Waals surface area contributed by atoms with Gasteiger partial charge in [-0.3, -0.25) is 9.59 Å². The van der Waals surface area contributed by atoms with Gasteiger partial charge in [0.05, 0.1) is 50.8 Å². The second-order valence-electron chi connectivity index (χ2n) is 6.80. The lowest BCUT2D eigenvalue weighted by Gasteiger charge is -2.21. The summed E-state index contributed by atoms with van der Waals surface area (Å²) in [6.45, 7) is 13.9. The van der Waals surface area contributed by atoms with Gasteiger partial charge in [0.1, 0.15) is 12.7 Å².